The second-order valence-electron chi connectivity index (χ2n) is 3.33. The molecule has 3 rings (SSSR count). The number of aromatic nitrogens is 3. The number of fused-ring (bicyclic) bond motifs is 1. The number of pyridine rings is 1. The van der Waals surface area contributed by atoms with E-state index in [4.69, 9.17) is 11.6 Å². The van der Waals surface area contributed by atoms with E-state index in [2.05, 4.69) is 30.9 Å². The second-order valence-corrected chi connectivity index (χ2v) is 6.39. The Labute approximate surface area is 125 Å². The molecule has 3 heterocycles. The lowest BCUT2D eigenvalue weighted by molar-refractivity contribution is 1.07. The van der Waals surface area contributed by atoms with Crippen molar-refractivity contribution in [1.29, 1.82) is 0 Å². The first-order chi connectivity index (χ1) is 8.74. The SMILES string of the molecule is Clc1nc(Sc2ncccc2Br)c2ccsc2n1. The molecule has 0 N–H and O–H groups in total. The van der Waals surface area contributed by atoms with Crippen LogP contribution >= 0.6 is 50.6 Å². The number of nitrogens with zero attached hydrogens (tertiary/aromatic N) is 3. The van der Waals surface area contributed by atoms with E-state index in [0.29, 0.717) is 0 Å². The highest BCUT2D eigenvalue weighted by Gasteiger charge is 2.11. The molecule has 0 radical (unpaired) electrons. The average molecular weight is 359 g/mol. The Bertz CT molecular complexity index is 716. The van der Waals surface area contributed by atoms with Crippen LogP contribution in [0, 0.1) is 0 Å². The van der Waals surface area contributed by atoms with E-state index in [9.17, 15) is 0 Å². The minimum absolute atomic E-state index is 0.263. The van der Waals surface area contributed by atoms with Crippen molar-refractivity contribution < 1.29 is 0 Å². The Morgan fingerprint density at radius 1 is 1.22 bits per heavy atom. The van der Waals surface area contributed by atoms with Crippen LogP contribution in [0.4, 0.5) is 0 Å². The molecule has 0 aliphatic heterocycles. The molecular weight excluding hydrogens is 354 g/mol. The van der Waals surface area contributed by atoms with E-state index < -0.39 is 0 Å². The third kappa shape index (κ3) is 2.38. The lowest BCUT2D eigenvalue weighted by atomic mass is 10.4. The van der Waals surface area contributed by atoms with Crippen LogP contribution in [-0.4, -0.2) is 15.0 Å². The van der Waals surface area contributed by atoms with Gasteiger partial charge in [-0.2, -0.15) is 0 Å². The van der Waals surface area contributed by atoms with Crippen molar-refractivity contribution in [3.8, 4) is 0 Å². The van der Waals surface area contributed by atoms with Gasteiger partial charge in [0.1, 0.15) is 14.9 Å². The molecule has 0 aliphatic rings. The summed E-state index contributed by atoms with van der Waals surface area (Å²) >= 11 is 12.4. The van der Waals surface area contributed by atoms with Gasteiger partial charge in [-0.25, -0.2) is 15.0 Å². The molecule has 3 aromatic rings. The fourth-order valence-electron chi connectivity index (χ4n) is 1.42. The molecule has 0 fully saturated rings. The maximum absolute atomic E-state index is 5.93. The van der Waals surface area contributed by atoms with Gasteiger partial charge in [0.15, 0.2) is 0 Å². The van der Waals surface area contributed by atoms with Crippen molar-refractivity contribution in [2.45, 2.75) is 10.1 Å². The number of rotatable bonds is 2. The van der Waals surface area contributed by atoms with E-state index >= 15 is 0 Å². The standard InChI is InChI=1S/C11H5BrClN3S2/c12-7-2-1-4-14-10(7)18-9-6-3-5-17-8(6)15-11(13)16-9/h1-5H. The summed E-state index contributed by atoms with van der Waals surface area (Å²) in [6.07, 6.45) is 1.75. The topological polar surface area (TPSA) is 38.7 Å². The van der Waals surface area contributed by atoms with Crippen LogP contribution in [0.25, 0.3) is 10.2 Å². The fourth-order valence-corrected chi connectivity index (χ4v) is 3.88. The fraction of sp³-hybridized carbons (Fsp3) is 0. The predicted octanol–water partition coefficient (Wildman–Crippen LogP) is 4.65. The van der Waals surface area contributed by atoms with Gasteiger partial charge in [-0.1, -0.05) is 0 Å². The molecule has 3 aromatic heterocycles. The third-order valence-corrected chi connectivity index (χ3v) is 5.08. The van der Waals surface area contributed by atoms with E-state index in [0.717, 1.165) is 24.7 Å². The smallest absolute Gasteiger partial charge is 0.224 e. The van der Waals surface area contributed by atoms with Gasteiger partial charge in [0.05, 0.1) is 4.47 Å². The van der Waals surface area contributed by atoms with Crippen LogP contribution in [0.2, 0.25) is 5.28 Å². The molecule has 90 valence electrons. The van der Waals surface area contributed by atoms with E-state index in [1.54, 1.807) is 17.5 Å². The zero-order chi connectivity index (χ0) is 12.5. The Kier molecular flexibility index (Phi) is 3.52. The normalized spacial score (nSPS) is 11.0. The average Bonchev–Trinajstić information content (AvgIpc) is 2.80. The van der Waals surface area contributed by atoms with Crippen LogP contribution in [0.3, 0.4) is 0 Å². The highest BCUT2D eigenvalue weighted by molar-refractivity contribution is 9.10. The summed E-state index contributed by atoms with van der Waals surface area (Å²) in [5.74, 6) is 0. The molecule has 0 bridgehead atoms. The number of hydrogen-bond donors (Lipinski definition) is 0. The van der Waals surface area contributed by atoms with Crippen molar-refractivity contribution in [3.05, 3.63) is 39.5 Å². The first kappa shape index (κ1) is 12.3. The Morgan fingerprint density at radius 2 is 2.11 bits per heavy atom. The predicted molar refractivity (Wildman–Crippen MR) is 78.5 cm³/mol. The molecule has 0 saturated carbocycles. The highest BCUT2D eigenvalue weighted by Crippen LogP contribution is 2.36. The van der Waals surface area contributed by atoms with Crippen LogP contribution in [0.1, 0.15) is 0 Å². The largest absolute Gasteiger partial charge is 0.248 e. The molecule has 0 saturated heterocycles. The molecular formula is C11H5BrClN3S2. The summed E-state index contributed by atoms with van der Waals surface area (Å²) in [7, 11) is 0. The molecule has 3 nitrogen and oxygen atoms in total. The summed E-state index contributed by atoms with van der Waals surface area (Å²) in [5, 5.41) is 4.93. The molecule has 18 heavy (non-hydrogen) atoms. The monoisotopic (exact) mass is 357 g/mol. The lowest BCUT2D eigenvalue weighted by Crippen LogP contribution is -1.88. The van der Waals surface area contributed by atoms with E-state index in [1.165, 1.54) is 11.8 Å². The van der Waals surface area contributed by atoms with Crippen molar-refractivity contribution in [2.24, 2.45) is 0 Å². The second kappa shape index (κ2) is 5.13. The van der Waals surface area contributed by atoms with Gasteiger partial charge in [-0.15, -0.1) is 11.3 Å². The summed E-state index contributed by atoms with van der Waals surface area (Å²) in [4.78, 5) is 13.7. The summed E-state index contributed by atoms with van der Waals surface area (Å²) < 4.78 is 0.938. The van der Waals surface area contributed by atoms with Gasteiger partial charge < -0.3 is 0 Å². The zero-order valence-corrected chi connectivity index (χ0v) is 12.8. The van der Waals surface area contributed by atoms with Gasteiger partial charge in [0, 0.05) is 11.6 Å². The summed E-state index contributed by atoms with van der Waals surface area (Å²) in [6.45, 7) is 0. The first-order valence-corrected chi connectivity index (χ1v) is 7.80. The van der Waals surface area contributed by atoms with Gasteiger partial charge >= 0.3 is 0 Å². The maximum atomic E-state index is 5.93. The number of thiophene rings is 1. The van der Waals surface area contributed by atoms with E-state index in [1.807, 2.05) is 23.6 Å². The van der Waals surface area contributed by atoms with Crippen LogP contribution < -0.4 is 0 Å². The van der Waals surface area contributed by atoms with Crippen molar-refractivity contribution in [2.75, 3.05) is 0 Å². The quantitative estimate of drug-likeness (QED) is 0.493. The number of halogens is 2. The van der Waals surface area contributed by atoms with Gasteiger partial charge in [0.25, 0.3) is 0 Å². The third-order valence-electron chi connectivity index (χ3n) is 2.18. The molecule has 0 spiro atoms. The highest BCUT2D eigenvalue weighted by atomic mass is 79.9. The molecule has 7 heteroatoms. The maximum Gasteiger partial charge on any atom is 0.224 e. The van der Waals surface area contributed by atoms with Crippen LogP contribution in [-0.2, 0) is 0 Å². The lowest BCUT2D eigenvalue weighted by Gasteiger charge is -2.03. The van der Waals surface area contributed by atoms with Gasteiger partial charge in [-0.05, 0) is 62.9 Å². The Balaban J connectivity index is 2.10. The number of hydrogen-bond acceptors (Lipinski definition) is 5. The first-order valence-electron chi connectivity index (χ1n) is 4.93. The van der Waals surface area contributed by atoms with Crippen molar-refractivity contribution >= 4 is 60.8 Å². The van der Waals surface area contributed by atoms with Crippen LogP contribution in [0.5, 0.6) is 0 Å². The van der Waals surface area contributed by atoms with Crippen molar-refractivity contribution in [3.63, 3.8) is 0 Å². The molecule has 0 amide bonds. The van der Waals surface area contributed by atoms with Gasteiger partial charge in [-0.3, -0.25) is 0 Å². The molecule has 0 unspecified atom stereocenters. The van der Waals surface area contributed by atoms with Gasteiger partial charge in [0.2, 0.25) is 5.28 Å². The molecule has 0 aromatic carbocycles. The molecule has 0 aliphatic carbocycles. The minimum atomic E-state index is 0.263. The van der Waals surface area contributed by atoms with E-state index in [-0.39, 0.29) is 5.28 Å². The zero-order valence-electron chi connectivity index (χ0n) is 8.80. The Morgan fingerprint density at radius 3 is 2.94 bits per heavy atom. The minimum Gasteiger partial charge on any atom is -0.248 e. The summed E-state index contributed by atoms with van der Waals surface area (Å²) in [5.41, 5.74) is 0. The Hall–Kier alpha value is -0.690. The summed E-state index contributed by atoms with van der Waals surface area (Å²) in [6, 6.07) is 5.82. The van der Waals surface area contributed by atoms with Crippen LogP contribution in [0.15, 0.2) is 44.3 Å². The van der Waals surface area contributed by atoms with Crippen molar-refractivity contribution in [1.82, 2.24) is 15.0 Å². The molecule has 0 atom stereocenters.